The monoisotopic (exact) mass is 370 g/mol. The van der Waals surface area contributed by atoms with Crippen molar-refractivity contribution in [1.29, 1.82) is 0 Å². The van der Waals surface area contributed by atoms with E-state index in [1.807, 2.05) is 19.9 Å². The number of nitrogens with one attached hydrogen (secondary N) is 1. The minimum absolute atomic E-state index is 0.181. The Balaban J connectivity index is 1.82. The van der Waals surface area contributed by atoms with Crippen molar-refractivity contribution < 1.29 is 13.2 Å². The Morgan fingerprint density at radius 2 is 1.88 bits per heavy atom. The molecule has 5 nitrogen and oxygen atoms in total. The van der Waals surface area contributed by atoms with Crippen molar-refractivity contribution in [3.63, 3.8) is 0 Å². The molecule has 26 heavy (non-hydrogen) atoms. The maximum absolute atomic E-state index is 13.4. The lowest BCUT2D eigenvalue weighted by atomic mass is 9.96. The predicted molar refractivity (Wildman–Crippen MR) is 101 cm³/mol. The summed E-state index contributed by atoms with van der Waals surface area (Å²) in [6.07, 6.45) is 2.41. The average Bonchev–Trinajstić information content (AvgIpc) is 2.61. The number of carbonyl (C=O) groups excluding carboxylic acids is 1. The summed E-state index contributed by atoms with van der Waals surface area (Å²) in [7, 11) is -3.71. The molecule has 2 aromatic rings. The largest absolute Gasteiger partial charge is 0.352 e. The fourth-order valence-corrected chi connectivity index (χ4v) is 5.52. The number of hydrogen-bond acceptors (Lipinski definition) is 3. The number of aryl methyl sites for hydroxylation is 2. The van der Waals surface area contributed by atoms with Gasteiger partial charge in [0, 0.05) is 18.7 Å². The number of hydrogen-bond donors (Lipinski definition) is 1. The second-order valence-corrected chi connectivity index (χ2v) is 8.95. The first kappa shape index (κ1) is 17.1. The zero-order valence-corrected chi connectivity index (χ0v) is 15.8. The maximum atomic E-state index is 13.4. The van der Waals surface area contributed by atoms with Crippen molar-refractivity contribution in [3.05, 3.63) is 58.1 Å². The zero-order valence-electron chi connectivity index (χ0n) is 15.0. The number of sulfonamides is 1. The van der Waals surface area contributed by atoms with Crippen LogP contribution in [0.15, 0.2) is 35.2 Å². The highest BCUT2D eigenvalue weighted by Gasteiger charge is 2.31. The van der Waals surface area contributed by atoms with E-state index in [-0.39, 0.29) is 10.8 Å². The highest BCUT2D eigenvalue weighted by atomic mass is 32.2. The van der Waals surface area contributed by atoms with Crippen LogP contribution in [0.3, 0.4) is 0 Å². The van der Waals surface area contributed by atoms with E-state index in [0.717, 1.165) is 47.2 Å². The summed E-state index contributed by atoms with van der Waals surface area (Å²) in [5.41, 5.74) is 5.42. The number of benzene rings is 2. The highest BCUT2D eigenvalue weighted by Crippen LogP contribution is 2.35. The second kappa shape index (κ2) is 6.13. The van der Waals surface area contributed by atoms with Gasteiger partial charge in [-0.2, -0.15) is 0 Å². The van der Waals surface area contributed by atoms with Gasteiger partial charge in [-0.3, -0.25) is 9.10 Å². The second-order valence-electron chi connectivity index (χ2n) is 7.09. The summed E-state index contributed by atoms with van der Waals surface area (Å²) in [6.45, 7) is 5.07. The molecule has 0 saturated heterocycles. The first-order chi connectivity index (χ1) is 12.4. The Morgan fingerprint density at radius 1 is 1.08 bits per heavy atom. The molecule has 0 radical (unpaired) electrons. The number of anilines is 1. The molecule has 0 atom stereocenters. The Hall–Kier alpha value is -2.34. The molecule has 0 saturated carbocycles. The van der Waals surface area contributed by atoms with E-state index in [9.17, 15) is 13.2 Å². The molecular formula is C20H22N2O3S. The van der Waals surface area contributed by atoms with Gasteiger partial charge in [0.25, 0.3) is 15.9 Å². The maximum Gasteiger partial charge on any atom is 0.264 e. The van der Waals surface area contributed by atoms with E-state index < -0.39 is 10.0 Å². The third-order valence-corrected chi connectivity index (χ3v) is 7.05. The summed E-state index contributed by atoms with van der Waals surface area (Å²) in [5, 5.41) is 2.78. The van der Waals surface area contributed by atoms with Crippen molar-refractivity contribution in [1.82, 2.24) is 5.32 Å². The van der Waals surface area contributed by atoms with Gasteiger partial charge in [0.2, 0.25) is 0 Å². The smallest absolute Gasteiger partial charge is 0.264 e. The van der Waals surface area contributed by atoms with Crippen molar-refractivity contribution in [2.75, 3.05) is 17.4 Å². The molecule has 1 N–H and O–H groups in total. The minimum atomic E-state index is -3.71. The van der Waals surface area contributed by atoms with E-state index >= 15 is 0 Å². The topological polar surface area (TPSA) is 66.5 Å². The lowest BCUT2D eigenvalue weighted by Gasteiger charge is -2.32. The number of nitrogens with zero attached hydrogens (tertiary/aromatic N) is 1. The van der Waals surface area contributed by atoms with Gasteiger partial charge in [-0.15, -0.1) is 0 Å². The molecule has 0 unspecified atom stereocenters. The molecule has 1 amide bonds. The van der Waals surface area contributed by atoms with Crippen molar-refractivity contribution in [2.45, 2.75) is 38.0 Å². The van der Waals surface area contributed by atoms with Crippen molar-refractivity contribution in [2.24, 2.45) is 0 Å². The van der Waals surface area contributed by atoms with Gasteiger partial charge in [0.05, 0.1) is 10.6 Å². The summed E-state index contributed by atoms with van der Waals surface area (Å²) in [5.74, 6) is -0.200. The van der Waals surface area contributed by atoms with Crippen LogP contribution in [-0.2, 0) is 22.9 Å². The van der Waals surface area contributed by atoms with Gasteiger partial charge in [-0.25, -0.2) is 8.42 Å². The molecule has 0 spiro atoms. The van der Waals surface area contributed by atoms with Crippen LogP contribution in [0.1, 0.15) is 39.0 Å². The summed E-state index contributed by atoms with van der Waals surface area (Å²) >= 11 is 0. The number of amides is 1. The molecule has 2 aliphatic rings. The van der Waals surface area contributed by atoms with E-state index in [1.165, 1.54) is 10.4 Å². The number of rotatable bonds is 2. The molecule has 0 aliphatic carbocycles. The lowest BCUT2D eigenvalue weighted by Crippen LogP contribution is -2.36. The van der Waals surface area contributed by atoms with Crippen LogP contribution in [0, 0.1) is 13.8 Å². The molecular weight excluding hydrogens is 348 g/mol. The van der Waals surface area contributed by atoms with Crippen LogP contribution in [0.25, 0.3) is 0 Å². The Labute approximate surface area is 154 Å². The molecule has 136 valence electrons. The van der Waals surface area contributed by atoms with Gasteiger partial charge in [-0.1, -0.05) is 12.1 Å². The molecule has 4 rings (SSSR count). The highest BCUT2D eigenvalue weighted by molar-refractivity contribution is 7.92. The van der Waals surface area contributed by atoms with E-state index in [1.54, 1.807) is 12.1 Å². The molecule has 6 heteroatoms. The van der Waals surface area contributed by atoms with Crippen LogP contribution in [0.2, 0.25) is 0 Å². The molecule has 0 fully saturated rings. The van der Waals surface area contributed by atoms with Gasteiger partial charge in [-0.05, 0) is 73.6 Å². The Morgan fingerprint density at radius 3 is 2.69 bits per heavy atom. The van der Waals surface area contributed by atoms with Crippen molar-refractivity contribution >= 4 is 21.6 Å². The molecule has 2 aromatic carbocycles. The van der Waals surface area contributed by atoms with Gasteiger partial charge in [0.1, 0.15) is 0 Å². The first-order valence-corrected chi connectivity index (χ1v) is 10.4. The fraction of sp³-hybridized carbons (Fsp3) is 0.350. The summed E-state index contributed by atoms with van der Waals surface area (Å²) in [6, 6.07) is 8.97. The van der Waals surface area contributed by atoms with Gasteiger partial charge in [0.15, 0.2) is 0 Å². The van der Waals surface area contributed by atoms with Crippen LogP contribution in [0.4, 0.5) is 5.69 Å². The molecule has 2 aliphatic heterocycles. The third-order valence-electron chi connectivity index (χ3n) is 5.24. The van der Waals surface area contributed by atoms with E-state index in [4.69, 9.17) is 0 Å². The van der Waals surface area contributed by atoms with E-state index in [0.29, 0.717) is 18.7 Å². The normalized spacial score (nSPS) is 16.7. The van der Waals surface area contributed by atoms with E-state index in [2.05, 4.69) is 11.4 Å². The Kier molecular flexibility index (Phi) is 4.03. The van der Waals surface area contributed by atoms with Gasteiger partial charge >= 0.3 is 0 Å². The number of carbonyl (C=O) groups is 1. The van der Waals surface area contributed by atoms with Crippen LogP contribution in [-0.4, -0.2) is 27.4 Å². The fourth-order valence-electron chi connectivity index (χ4n) is 3.97. The molecule has 0 bridgehead atoms. The molecule has 2 heterocycles. The predicted octanol–water partition coefficient (Wildman–Crippen LogP) is 2.73. The minimum Gasteiger partial charge on any atom is -0.352 e. The summed E-state index contributed by atoms with van der Waals surface area (Å²) in [4.78, 5) is 12.3. The molecule has 0 aromatic heterocycles. The first-order valence-electron chi connectivity index (χ1n) is 8.92. The lowest BCUT2D eigenvalue weighted by molar-refractivity contribution is 0.0945. The third kappa shape index (κ3) is 2.69. The number of fused-ring (bicyclic) bond motifs is 2. The summed E-state index contributed by atoms with van der Waals surface area (Å²) < 4.78 is 28.2. The Bertz CT molecular complexity index is 1010. The standard InChI is InChI=1S/C20H22N2O3S/c1-13-10-14(2)17-4-3-9-22(19(17)11-13)26(24,25)16-6-5-15-7-8-21-20(23)18(15)12-16/h5-6,10-12H,3-4,7-9H2,1-2H3,(H,21,23). The quantitative estimate of drug-likeness (QED) is 0.884. The van der Waals surface area contributed by atoms with Crippen LogP contribution in [0.5, 0.6) is 0 Å². The van der Waals surface area contributed by atoms with Crippen molar-refractivity contribution in [3.8, 4) is 0 Å². The zero-order chi connectivity index (χ0) is 18.5. The van der Waals surface area contributed by atoms with Crippen LogP contribution < -0.4 is 9.62 Å². The van der Waals surface area contributed by atoms with Crippen LogP contribution >= 0.6 is 0 Å². The average molecular weight is 370 g/mol. The van der Waals surface area contributed by atoms with Gasteiger partial charge < -0.3 is 5.32 Å². The SMILES string of the molecule is Cc1cc(C)c2c(c1)N(S(=O)(=O)c1ccc3c(c1)C(=O)NCC3)CCC2.